The van der Waals surface area contributed by atoms with E-state index in [1.54, 1.807) is 0 Å². The first-order chi connectivity index (χ1) is 11.9. The zero-order chi connectivity index (χ0) is 18.4. The third kappa shape index (κ3) is 5.46. The number of hydrogen-bond acceptors (Lipinski definition) is 3. The van der Waals surface area contributed by atoms with E-state index in [0.29, 0.717) is 5.92 Å². The fourth-order valence-corrected chi connectivity index (χ4v) is 3.71. The SMILES string of the molecule is CCCN1CCC(CNC(=NC)N(C)Cc2cn(C)nc2C(C)C)C1. The van der Waals surface area contributed by atoms with Crippen molar-refractivity contribution < 1.29 is 0 Å². The van der Waals surface area contributed by atoms with Gasteiger partial charge in [-0.1, -0.05) is 20.8 Å². The summed E-state index contributed by atoms with van der Waals surface area (Å²) in [4.78, 5) is 9.24. The Bertz CT molecular complexity index is 562. The van der Waals surface area contributed by atoms with E-state index in [-0.39, 0.29) is 0 Å². The molecular formula is C19H36N6. The molecule has 0 aliphatic carbocycles. The summed E-state index contributed by atoms with van der Waals surface area (Å²) in [5, 5.41) is 8.18. The molecule has 0 amide bonds. The van der Waals surface area contributed by atoms with Gasteiger partial charge in [0, 0.05) is 52.5 Å². The van der Waals surface area contributed by atoms with E-state index in [4.69, 9.17) is 0 Å². The highest BCUT2D eigenvalue weighted by molar-refractivity contribution is 5.79. The Morgan fingerprint density at radius 1 is 1.48 bits per heavy atom. The Hall–Kier alpha value is -1.56. The maximum atomic E-state index is 4.61. The van der Waals surface area contributed by atoms with Gasteiger partial charge in [0.2, 0.25) is 0 Å². The van der Waals surface area contributed by atoms with Crippen LogP contribution in [0, 0.1) is 5.92 Å². The van der Waals surface area contributed by atoms with Crippen molar-refractivity contribution in [1.29, 1.82) is 0 Å². The molecule has 0 bridgehead atoms. The maximum Gasteiger partial charge on any atom is 0.193 e. The predicted octanol–water partition coefficient (Wildman–Crippen LogP) is 2.28. The van der Waals surface area contributed by atoms with E-state index in [1.165, 1.54) is 43.7 Å². The summed E-state index contributed by atoms with van der Waals surface area (Å²) in [5.41, 5.74) is 2.45. The molecule has 1 atom stereocenters. The monoisotopic (exact) mass is 348 g/mol. The number of nitrogens with one attached hydrogen (secondary N) is 1. The molecule has 6 heteroatoms. The van der Waals surface area contributed by atoms with Crippen molar-refractivity contribution in [3.05, 3.63) is 17.5 Å². The molecule has 2 heterocycles. The zero-order valence-corrected chi connectivity index (χ0v) is 16.9. The molecule has 1 aromatic heterocycles. The molecule has 0 spiro atoms. The quantitative estimate of drug-likeness (QED) is 0.607. The number of guanidine groups is 1. The molecule has 1 aliphatic rings. The van der Waals surface area contributed by atoms with Crippen molar-refractivity contribution >= 4 is 5.96 Å². The average Bonchev–Trinajstić information content (AvgIpc) is 3.15. The first-order valence-corrected chi connectivity index (χ1v) is 9.61. The van der Waals surface area contributed by atoms with Crippen LogP contribution in [0.2, 0.25) is 0 Å². The van der Waals surface area contributed by atoms with Crippen molar-refractivity contribution in [2.75, 3.05) is 40.3 Å². The molecule has 0 saturated carbocycles. The summed E-state index contributed by atoms with van der Waals surface area (Å²) in [5.74, 6) is 2.12. The van der Waals surface area contributed by atoms with Crippen molar-refractivity contribution in [2.24, 2.45) is 18.0 Å². The standard InChI is InChI=1S/C19H36N6/c1-7-9-25-10-8-16(12-25)11-21-19(20-4)23(5)13-17-14-24(6)22-18(17)15(2)3/h14-16H,7-13H2,1-6H3,(H,20,21). The molecule has 6 nitrogen and oxygen atoms in total. The number of aryl methyl sites for hydroxylation is 1. The number of hydrogen-bond donors (Lipinski definition) is 1. The van der Waals surface area contributed by atoms with E-state index < -0.39 is 0 Å². The number of aromatic nitrogens is 2. The van der Waals surface area contributed by atoms with Gasteiger partial charge >= 0.3 is 0 Å². The summed E-state index contributed by atoms with van der Waals surface area (Å²) in [6.45, 7) is 12.1. The van der Waals surface area contributed by atoms with Crippen molar-refractivity contribution in [3.8, 4) is 0 Å². The normalized spacial score (nSPS) is 19.0. The van der Waals surface area contributed by atoms with Gasteiger partial charge in [-0.3, -0.25) is 9.67 Å². The first-order valence-electron chi connectivity index (χ1n) is 9.61. The van der Waals surface area contributed by atoms with Crippen molar-refractivity contribution in [1.82, 2.24) is 24.9 Å². The molecule has 2 rings (SSSR count). The van der Waals surface area contributed by atoms with Gasteiger partial charge in [0.05, 0.1) is 5.69 Å². The molecule has 142 valence electrons. The minimum atomic E-state index is 0.433. The van der Waals surface area contributed by atoms with Crippen LogP contribution in [0.3, 0.4) is 0 Å². The fourth-order valence-electron chi connectivity index (χ4n) is 3.71. The van der Waals surface area contributed by atoms with Crippen LogP contribution in [-0.4, -0.2) is 65.8 Å². The summed E-state index contributed by atoms with van der Waals surface area (Å²) in [6.07, 6.45) is 4.65. The van der Waals surface area contributed by atoms with Gasteiger partial charge in [-0.2, -0.15) is 5.10 Å². The molecule has 1 N–H and O–H groups in total. The van der Waals surface area contributed by atoms with Gasteiger partial charge in [-0.15, -0.1) is 0 Å². The molecule has 1 saturated heterocycles. The Morgan fingerprint density at radius 2 is 2.24 bits per heavy atom. The Morgan fingerprint density at radius 3 is 2.88 bits per heavy atom. The number of nitrogens with zero attached hydrogens (tertiary/aromatic N) is 5. The highest BCUT2D eigenvalue weighted by Crippen LogP contribution is 2.19. The van der Waals surface area contributed by atoms with Crippen LogP contribution in [0.5, 0.6) is 0 Å². The molecule has 1 unspecified atom stereocenters. The molecule has 0 radical (unpaired) electrons. The maximum absolute atomic E-state index is 4.61. The summed E-state index contributed by atoms with van der Waals surface area (Å²) >= 11 is 0. The van der Waals surface area contributed by atoms with Gasteiger partial charge in [-0.05, 0) is 37.8 Å². The molecule has 1 fully saturated rings. The van der Waals surface area contributed by atoms with Gasteiger partial charge < -0.3 is 15.1 Å². The van der Waals surface area contributed by atoms with Gasteiger partial charge in [-0.25, -0.2) is 0 Å². The van der Waals surface area contributed by atoms with Crippen LogP contribution < -0.4 is 5.32 Å². The van der Waals surface area contributed by atoms with Crippen LogP contribution in [0.15, 0.2) is 11.2 Å². The number of likely N-dealkylation sites (tertiary alicyclic amines) is 1. The Balaban J connectivity index is 1.88. The largest absolute Gasteiger partial charge is 0.356 e. The molecule has 0 aromatic carbocycles. The zero-order valence-electron chi connectivity index (χ0n) is 16.9. The van der Waals surface area contributed by atoms with E-state index in [1.807, 2.05) is 18.8 Å². The van der Waals surface area contributed by atoms with Crippen molar-refractivity contribution in [3.63, 3.8) is 0 Å². The van der Waals surface area contributed by atoms with Crippen LogP contribution in [0.1, 0.15) is 50.8 Å². The van der Waals surface area contributed by atoms with Crippen LogP contribution >= 0.6 is 0 Å². The molecule has 1 aromatic rings. The van der Waals surface area contributed by atoms with Gasteiger partial charge in [0.1, 0.15) is 0 Å². The van der Waals surface area contributed by atoms with Gasteiger partial charge in [0.25, 0.3) is 0 Å². The minimum absolute atomic E-state index is 0.433. The smallest absolute Gasteiger partial charge is 0.193 e. The van der Waals surface area contributed by atoms with Crippen LogP contribution in [0.4, 0.5) is 0 Å². The highest BCUT2D eigenvalue weighted by atomic mass is 15.3. The van der Waals surface area contributed by atoms with Gasteiger partial charge in [0.15, 0.2) is 5.96 Å². The van der Waals surface area contributed by atoms with E-state index in [9.17, 15) is 0 Å². The lowest BCUT2D eigenvalue weighted by Gasteiger charge is -2.24. The highest BCUT2D eigenvalue weighted by Gasteiger charge is 2.22. The second kappa shape index (κ2) is 9.22. The number of aliphatic imine (C=N–C) groups is 1. The molecule has 1 aliphatic heterocycles. The lowest BCUT2D eigenvalue weighted by molar-refractivity contribution is 0.324. The minimum Gasteiger partial charge on any atom is -0.356 e. The first kappa shape index (κ1) is 19.8. The second-order valence-corrected chi connectivity index (χ2v) is 7.61. The fraction of sp³-hybridized carbons (Fsp3) is 0.789. The van der Waals surface area contributed by atoms with Crippen molar-refractivity contribution in [2.45, 2.75) is 46.1 Å². The summed E-state index contributed by atoms with van der Waals surface area (Å²) in [7, 11) is 5.96. The molecular weight excluding hydrogens is 312 g/mol. The van der Waals surface area contributed by atoms with Crippen LogP contribution in [-0.2, 0) is 13.6 Å². The van der Waals surface area contributed by atoms with Crippen LogP contribution in [0.25, 0.3) is 0 Å². The van der Waals surface area contributed by atoms with E-state index in [2.05, 4.69) is 59.2 Å². The Labute approximate surface area is 153 Å². The Kier molecular flexibility index (Phi) is 7.29. The predicted molar refractivity (Wildman–Crippen MR) is 105 cm³/mol. The number of rotatable bonds is 7. The lowest BCUT2D eigenvalue weighted by atomic mass is 10.1. The third-order valence-corrected chi connectivity index (χ3v) is 4.92. The third-order valence-electron chi connectivity index (χ3n) is 4.92. The second-order valence-electron chi connectivity index (χ2n) is 7.61. The topological polar surface area (TPSA) is 48.7 Å². The summed E-state index contributed by atoms with van der Waals surface area (Å²) < 4.78 is 1.91. The average molecular weight is 349 g/mol. The summed E-state index contributed by atoms with van der Waals surface area (Å²) in [6, 6.07) is 0. The lowest BCUT2D eigenvalue weighted by Crippen LogP contribution is -2.41. The van der Waals surface area contributed by atoms with E-state index >= 15 is 0 Å². The van der Waals surface area contributed by atoms with E-state index in [0.717, 1.165) is 25.0 Å². The molecule has 25 heavy (non-hydrogen) atoms.